The highest BCUT2D eigenvalue weighted by molar-refractivity contribution is 5.63. The van der Waals surface area contributed by atoms with Crippen molar-refractivity contribution in [2.75, 3.05) is 0 Å². The minimum atomic E-state index is 0.0714. The third-order valence-electron chi connectivity index (χ3n) is 4.33. The van der Waals surface area contributed by atoms with Crippen molar-refractivity contribution in [3.63, 3.8) is 0 Å². The van der Waals surface area contributed by atoms with Crippen molar-refractivity contribution in [1.82, 2.24) is 0 Å². The highest BCUT2D eigenvalue weighted by Crippen LogP contribution is 2.51. The number of benzene rings is 2. The first-order valence-electron chi connectivity index (χ1n) is 6.19. The fourth-order valence-electron chi connectivity index (χ4n) is 3.47. The summed E-state index contributed by atoms with van der Waals surface area (Å²) in [4.78, 5) is 0. The lowest BCUT2D eigenvalue weighted by atomic mass is 9.60. The van der Waals surface area contributed by atoms with Crippen LogP contribution in [0, 0.1) is 0 Å². The van der Waals surface area contributed by atoms with Crippen LogP contribution in [0.15, 0.2) is 60.7 Å². The van der Waals surface area contributed by atoms with Crippen LogP contribution in [0.2, 0.25) is 0 Å². The standard InChI is InChI=1S/C17H14/c1-17-11-10-12(13-6-2-4-8-15(13)17)14-7-3-5-9-16(14)17/h2-12H,1H3. The summed E-state index contributed by atoms with van der Waals surface area (Å²) >= 11 is 0. The van der Waals surface area contributed by atoms with Crippen molar-refractivity contribution >= 4 is 0 Å². The summed E-state index contributed by atoms with van der Waals surface area (Å²) in [7, 11) is 0. The molecular formula is C17H14. The minimum Gasteiger partial charge on any atom is -0.0754 e. The van der Waals surface area contributed by atoms with Gasteiger partial charge in [-0.3, -0.25) is 0 Å². The Morgan fingerprint density at radius 1 is 0.824 bits per heavy atom. The van der Waals surface area contributed by atoms with Crippen molar-refractivity contribution in [3.05, 3.63) is 82.9 Å². The van der Waals surface area contributed by atoms with Gasteiger partial charge in [0, 0.05) is 11.3 Å². The maximum atomic E-state index is 2.38. The normalized spacial score (nSPS) is 27.7. The topological polar surface area (TPSA) is 0 Å². The predicted octanol–water partition coefficient (Wildman–Crippen LogP) is 4.01. The molecule has 2 aromatic carbocycles. The van der Waals surface area contributed by atoms with E-state index < -0.39 is 0 Å². The van der Waals surface area contributed by atoms with Gasteiger partial charge >= 0.3 is 0 Å². The molecule has 0 saturated carbocycles. The van der Waals surface area contributed by atoms with Gasteiger partial charge in [0.25, 0.3) is 0 Å². The maximum absolute atomic E-state index is 2.38. The van der Waals surface area contributed by atoms with Gasteiger partial charge in [0.15, 0.2) is 0 Å². The Kier molecular flexibility index (Phi) is 1.57. The second-order valence-corrected chi connectivity index (χ2v) is 5.21. The van der Waals surface area contributed by atoms with Gasteiger partial charge in [-0.25, -0.2) is 0 Å². The third-order valence-corrected chi connectivity index (χ3v) is 4.33. The Labute approximate surface area is 102 Å². The highest BCUT2D eigenvalue weighted by Gasteiger charge is 2.41. The number of rotatable bonds is 0. The summed E-state index contributed by atoms with van der Waals surface area (Å²) in [6.07, 6.45) is 4.74. The van der Waals surface area contributed by atoms with Crippen LogP contribution in [0.4, 0.5) is 0 Å². The van der Waals surface area contributed by atoms with Gasteiger partial charge < -0.3 is 0 Å². The molecule has 0 N–H and O–H groups in total. The van der Waals surface area contributed by atoms with Crippen molar-refractivity contribution in [2.45, 2.75) is 18.3 Å². The second-order valence-electron chi connectivity index (χ2n) is 5.21. The van der Waals surface area contributed by atoms with Gasteiger partial charge in [-0.05, 0) is 29.2 Å². The lowest BCUT2D eigenvalue weighted by Gasteiger charge is -2.43. The predicted molar refractivity (Wildman–Crippen MR) is 70.3 cm³/mol. The van der Waals surface area contributed by atoms with E-state index in [9.17, 15) is 0 Å². The zero-order valence-electron chi connectivity index (χ0n) is 9.85. The van der Waals surface area contributed by atoms with Gasteiger partial charge in [0.1, 0.15) is 0 Å². The Bertz CT molecular complexity index is 586. The molecule has 0 spiro atoms. The second kappa shape index (κ2) is 2.89. The molecule has 5 rings (SSSR count). The van der Waals surface area contributed by atoms with E-state index in [0.29, 0.717) is 5.92 Å². The van der Waals surface area contributed by atoms with E-state index in [2.05, 4.69) is 67.6 Å². The molecule has 3 aliphatic rings. The van der Waals surface area contributed by atoms with Gasteiger partial charge in [-0.15, -0.1) is 0 Å². The van der Waals surface area contributed by atoms with E-state index in [-0.39, 0.29) is 5.41 Å². The van der Waals surface area contributed by atoms with E-state index in [1.807, 2.05) is 0 Å². The van der Waals surface area contributed by atoms with Crippen LogP contribution in [-0.4, -0.2) is 0 Å². The summed E-state index contributed by atoms with van der Waals surface area (Å²) in [5.74, 6) is 0.462. The van der Waals surface area contributed by atoms with Crippen LogP contribution in [0.25, 0.3) is 0 Å². The van der Waals surface area contributed by atoms with Crippen LogP contribution in [-0.2, 0) is 5.41 Å². The van der Waals surface area contributed by atoms with Crippen LogP contribution < -0.4 is 0 Å². The van der Waals surface area contributed by atoms with Crippen LogP contribution in [0.5, 0.6) is 0 Å². The van der Waals surface area contributed by atoms with Crippen molar-refractivity contribution in [3.8, 4) is 0 Å². The molecular weight excluding hydrogens is 204 g/mol. The molecule has 2 aromatic rings. The molecule has 0 aliphatic heterocycles. The molecule has 0 heteroatoms. The monoisotopic (exact) mass is 218 g/mol. The van der Waals surface area contributed by atoms with Crippen LogP contribution in [0.3, 0.4) is 0 Å². The first kappa shape index (κ1) is 9.23. The Hall–Kier alpha value is -1.82. The molecule has 3 aliphatic carbocycles. The zero-order chi connectivity index (χ0) is 11.5. The largest absolute Gasteiger partial charge is 0.0754 e. The van der Waals surface area contributed by atoms with Crippen LogP contribution in [0.1, 0.15) is 35.1 Å². The van der Waals surface area contributed by atoms with Gasteiger partial charge in [-0.1, -0.05) is 60.7 Å². The molecule has 82 valence electrons. The Morgan fingerprint density at radius 3 is 1.94 bits per heavy atom. The molecule has 17 heavy (non-hydrogen) atoms. The van der Waals surface area contributed by atoms with Gasteiger partial charge in [0.2, 0.25) is 0 Å². The summed E-state index contributed by atoms with van der Waals surface area (Å²) in [5.41, 5.74) is 5.99. The molecule has 0 heterocycles. The molecule has 0 amide bonds. The van der Waals surface area contributed by atoms with E-state index in [1.54, 1.807) is 0 Å². The summed E-state index contributed by atoms with van der Waals surface area (Å²) in [6, 6.07) is 17.7. The first-order chi connectivity index (χ1) is 8.31. The zero-order valence-corrected chi connectivity index (χ0v) is 9.85. The molecule has 0 fully saturated rings. The Morgan fingerprint density at radius 2 is 1.35 bits per heavy atom. The number of hydrogen-bond donors (Lipinski definition) is 0. The van der Waals surface area contributed by atoms with E-state index in [4.69, 9.17) is 0 Å². The van der Waals surface area contributed by atoms with Crippen LogP contribution >= 0.6 is 0 Å². The molecule has 0 unspecified atom stereocenters. The smallest absolute Gasteiger partial charge is 0.0360 e. The van der Waals surface area contributed by atoms with E-state index in [0.717, 1.165) is 0 Å². The average molecular weight is 218 g/mol. The molecule has 0 saturated heterocycles. The van der Waals surface area contributed by atoms with Gasteiger partial charge in [0.05, 0.1) is 0 Å². The third kappa shape index (κ3) is 0.986. The van der Waals surface area contributed by atoms with E-state index in [1.165, 1.54) is 22.3 Å². The summed E-state index contributed by atoms with van der Waals surface area (Å²) in [5, 5.41) is 0. The van der Waals surface area contributed by atoms with E-state index >= 15 is 0 Å². The lowest BCUT2D eigenvalue weighted by molar-refractivity contribution is 0.636. The maximum Gasteiger partial charge on any atom is 0.0360 e. The molecule has 0 radical (unpaired) electrons. The quantitative estimate of drug-likeness (QED) is 0.586. The summed E-state index contributed by atoms with van der Waals surface area (Å²) in [6.45, 7) is 2.33. The van der Waals surface area contributed by atoms with Crippen molar-refractivity contribution in [2.24, 2.45) is 0 Å². The number of allylic oxidation sites excluding steroid dienone is 2. The molecule has 2 bridgehead atoms. The molecule has 0 atom stereocenters. The fourth-order valence-corrected chi connectivity index (χ4v) is 3.47. The molecule has 0 aromatic heterocycles. The lowest BCUT2D eigenvalue weighted by Crippen LogP contribution is -2.33. The Balaban J connectivity index is 2.13. The highest BCUT2D eigenvalue weighted by atomic mass is 14.4. The first-order valence-corrected chi connectivity index (χ1v) is 6.19. The molecule has 0 nitrogen and oxygen atoms in total. The SMILES string of the molecule is CC12C=CC(c3ccccc31)c1ccccc12. The van der Waals surface area contributed by atoms with Crippen molar-refractivity contribution in [1.29, 1.82) is 0 Å². The minimum absolute atomic E-state index is 0.0714. The summed E-state index contributed by atoms with van der Waals surface area (Å²) < 4.78 is 0. The number of hydrogen-bond acceptors (Lipinski definition) is 0. The fraction of sp³-hybridized carbons (Fsp3) is 0.176. The van der Waals surface area contributed by atoms with Crippen molar-refractivity contribution < 1.29 is 0 Å². The average Bonchev–Trinajstić information content (AvgIpc) is 2.40. The van der Waals surface area contributed by atoms with Gasteiger partial charge in [-0.2, -0.15) is 0 Å².